The Morgan fingerprint density at radius 2 is 1.68 bits per heavy atom. The molecular weight excluding hydrogens is 360 g/mol. The van der Waals surface area contributed by atoms with Crippen LogP contribution in [-0.2, 0) is 9.47 Å². The van der Waals surface area contributed by atoms with Gasteiger partial charge < -0.3 is 20.1 Å². The van der Waals surface area contributed by atoms with E-state index in [4.69, 9.17) is 9.47 Å². The van der Waals surface area contributed by atoms with Gasteiger partial charge in [0.05, 0.1) is 31.0 Å². The number of nitrogens with zero attached hydrogens (tertiary/aromatic N) is 2. The van der Waals surface area contributed by atoms with Gasteiger partial charge in [0.25, 0.3) is 0 Å². The zero-order chi connectivity index (χ0) is 19.9. The Morgan fingerprint density at radius 3 is 2.46 bits per heavy atom. The van der Waals surface area contributed by atoms with Gasteiger partial charge >= 0.3 is 11.9 Å². The molecule has 0 saturated carbocycles. The summed E-state index contributed by atoms with van der Waals surface area (Å²) in [4.78, 5) is 32.1. The summed E-state index contributed by atoms with van der Waals surface area (Å²) >= 11 is 0. The van der Waals surface area contributed by atoms with Gasteiger partial charge in [0.1, 0.15) is 5.82 Å². The van der Waals surface area contributed by atoms with E-state index in [9.17, 15) is 9.59 Å². The summed E-state index contributed by atoms with van der Waals surface area (Å²) in [6.45, 7) is 0. The quantitative estimate of drug-likeness (QED) is 0.628. The number of hydrogen-bond acceptors (Lipinski definition) is 8. The van der Waals surface area contributed by atoms with E-state index in [1.165, 1.54) is 14.2 Å². The van der Waals surface area contributed by atoms with Crippen LogP contribution in [0.4, 0.5) is 23.1 Å². The van der Waals surface area contributed by atoms with Crippen molar-refractivity contribution in [2.24, 2.45) is 0 Å². The van der Waals surface area contributed by atoms with Gasteiger partial charge in [0, 0.05) is 11.9 Å². The summed E-state index contributed by atoms with van der Waals surface area (Å²) in [5.74, 6) is -0.0740. The molecule has 0 aliphatic carbocycles. The first kappa shape index (κ1) is 18.8. The van der Waals surface area contributed by atoms with E-state index in [0.717, 1.165) is 0 Å². The average molecular weight is 378 g/mol. The Morgan fingerprint density at radius 1 is 0.893 bits per heavy atom. The fourth-order valence-corrected chi connectivity index (χ4v) is 2.48. The number of ether oxygens (including phenoxy) is 2. The van der Waals surface area contributed by atoms with Crippen molar-refractivity contribution in [3.63, 3.8) is 0 Å². The lowest BCUT2D eigenvalue weighted by molar-refractivity contribution is 0.0592. The number of aromatic nitrogens is 2. The Bertz CT molecular complexity index is 1010. The Labute approximate surface area is 161 Å². The lowest BCUT2D eigenvalue weighted by atomic mass is 10.2. The largest absolute Gasteiger partial charge is 0.465 e. The van der Waals surface area contributed by atoms with Crippen LogP contribution in [0.2, 0.25) is 0 Å². The fourth-order valence-electron chi connectivity index (χ4n) is 2.48. The number of carbonyl (C=O) groups is 2. The van der Waals surface area contributed by atoms with Crippen LogP contribution in [0.25, 0.3) is 0 Å². The van der Waals surface area contributed by atoms with Crippen LogP contribution in [0.5, 0.6) is 0 Å². The topological polar surface area (TPSA) is 102 Å². The zero-order valence-corrected chi connectivity index (χ0v) is 15.3. The number of esters is 2. The first-order chi connectivity index (χ1) is 13.6. The van der Waals surface area contributed by atoms with E-state index in [-0.39, 0.29) is 0 Å². The van der Waals surface area contributed by atoms with Gasteiger partial charge in [-0.1, -0.05) is 18.2 Å². The standard InChI is InChI=1S/C20H18N4O4/c1-27-18(25)13-6-5-7-14(12-13)22-20-21-11-10-17(24-20)23-16-9-4-3-8-15(16)19(26)28-2/h3-12H,1-2H3,(H2,21,22,23,24). The van der Waals surface area contributed by atoms with E-state index in [2.05, 4.69) is 20.6 Å². The highest BCUT2D eigenvalue weighted by atomic mass is 16.5. The third kappa shape index (κ3) is 4.42. The molecule has 0 bridgehead atoms. The van der Waals surface area contributed by atoms with Crippen molar-refractivity contribution in [1.29, 1.82) is 0 Å². The molecule has 0 radical (unpaired) electrons. The molecule has 0 fully saturated rings. The molecule has 28 heavy (non-hydrogen) atoms. The van der Waals surface area contributed by atoms with E-state index in [1.807, 2.05) is 0 Å². The predicted molar refractivity (Wildman–Crippen MR) is 104 cm³/mol. The molecule has 0 unspecified atom stereocenters. The van der Waals surface area contributed by atoms with Crippen molar-refractivity contribution in [2.45, 2.75) is 0 Å². The number of nitrogens with one attached hydrogen (secondary N) is 2. The number of rotatable bonds is 6. The van der Waals surface area contributed by atoms with Crippen molar-refractivity contribution in [1.82, 2.24) is 9.97 Å². The summed E-state index contributed by atoms with van der Waals surface area (Å²) in [5.41, 5.74) is 2.00. The minimum absolute atomic E-state index is 0.322. The highest BCUT2D eigenvalue weighted by molar-refractivity contribution is 5.96. The number of hydrogen-bond donors (Lipinski definition) is 2. The van der Waals surface area contributed by atoms with Gasteiger partial charge in [-0.25, -0.2) is 14.6 Å². The number of methoxy groups -OCH3 is 2. The van der Waals surface area contributed by atoms with Gasteiger partial charge in [-0.05, 0) is 36.4 Å². The van der Waals surface area contributed by atoms with Crippen LogP contribution in [0.1, 0.15) is 20.7 Å². The molecule has 142 valence electrons. The van der Waals surface area contributed by atoms with Gasteiger partial charge in [-0.2, -0.15) is 4.98 Å². The Hall–Kier alpha value is -3.94. The van der Waals surface area contributed by atoms with Gasteiger partial charge in [0.15, 0.2) is 0 Å². The van der Waals surface area contributed by atoms with Crippen molar-refractivity contribution >= 4 is 35.1 Å². The maximum atomic E-state index is 11.9. The van der Waals surface area contributed by atoms with E-state index in [0.29, 0.717) is 34.3 Å². The smallest absolute Gasteiger partial charge is 0.339 e. The number of anilines is 4. The molecule has 8 heteroatoms. The molecule has 8 nitrogen and oxygen atoms in total. The fraction of sp³-hybridized carbons (Fsp3) is 0.100. The second kappa shape index (κ2) is 8.63. The molecular formula is C20H18N4O4. The normalized spacial score (nSPS) is 10.1. The van der Waals surface area contributed by atoms with Crippen LogP contribution in [0.15, 0.2) is 60.8 Å². The number of carbonyl (C=O) groups excluding carboxylic acids is 2. The molecule has 0 saturated heterocycles. The zero-order valence-electron chi connectivity index (χ0n) is 15.3. The van der Waals surface area contributed by atoms with E-state index >= 15 is 0 Å². The second-order valence-corrected chi connectivity index (χ2v) is 5.63. The van der Waals surface area contributed by atoms with Gasteiger partial charge in [0.2, 0.25) is 5.95 Å². The van der Waals surface area contributed by atoms with Gasteiger partial charge in [-0.3, -0.25) is 0 Å². The first-order valence-electron chi connectivity index (χ1n) is 8.33. The molecule has 0 aliphatic rings. The summed E-state index contributed by atoms with van der Waals surface area (Å²) in [5, 5.41) is 6.12. The molecule has 2 aromatic carbocycles. The monoisotopic (exact) mass is 378 g/mol. The van der Waals surface area contributed by atoms with Crippen LogP contribution in [0, 0.1) is 0 Å². The molecule has 1 aromatic heterocycles. The average Bonchev–Trinajstić information content (AvgIpc) is 2.73. The van der Waals surface area contributed by atoms with Crippen molar-refractivity contribution < 1.29 is 19.1 Å². The summed E-state index contributed by atoms with van der Waals surface area (Å²) in [7, 11) is 2.65. The molecule has 3 aromatic rings. The maximum Gasteiger partial charge on any atom is 0.339 e. The molecule has 2 N–H and O–H groups in total. The van der Waals surface area contributed by atoms with Crippen LogP contribution < -0.4 is 10.6 Å². The first-order valence-corrected chi connectivity index (χ1v) is 8.33. The third-order valence-corrected chi connectivity index (χ3v) is 3.79. The Kier molecular flexibility index (Phi) is 5.81. The molecule has 0 amide bonds. The SMILES string of the molecule is COC(=O)c1cccc(Nc2nccc(Nc3ccccc3C(=O)OC)n2)c1. The number of benzene rings is 2. The van der Waals surface area contributed by atoms with Crippen molar-refractivity contribution in [3.05, 3.63) is 71.9 Å². The summed E-state index contributed by atoms with van der Waals surface area (Å²) < 4.78 is 9.52. The van der Waals surface area contributed by atoms with Crippen LogP contribution in [-0.4, -0.2) is 36.1 Å². The molecule has 0 spiro atoms. The lowest BCUT2D eigenvalue weighted by Crippen LogP contribution is -2.07. The highest BCUT2D eigenvalue weighted by Crippen LogP contribution is 2.22. The van der Waals surface area contributed by atoms with Crippen molar-refractivity contribution in [2.75, 3.05) is 24.9 Å². The summed E-state index contributed by atoms with van der Waals surface area (Å²) in [6.07, 6.45) is 1.57. The predicted octanol–water partition coefficient (Wildman–Crippen LogP) is 3.54. The van der Waals surface area contributed by atoms with Crippen molar-refractivity contribution in [3.8, 4) is 0 Å². The van der Waals surface area contributed by atoms with E-state index < -0.39 is 11.9 Å². The molecule has 0 atom stereocenters. The van der Waals surface area contributed by atoms with Crippen LogP contribution in [0.3, 0.4) is 0 Å². The maximum absolute atomic E-state index is 11.9. The Balaban J connectivity index is 1.81. The lowest BCUT2D eigenvalue weighted by Gasteiger charge is -2.11. The van der Waals surface area contributed by atoms with E-state index in [1.54, 1.807) is 60.8 Å². The second-order valence-electron chi connectivity index (χ2n) is 5.63. The minimum Gasteiger partial charge on any atom is -0.465 e. The van der Waals surface area contributed by atoms with Crippen LogP contribution >= 0.6 is 0 Å². The summed E-state index contributed by atoms with van der Waals surface area (Å²) in [6, 6.07) is 15.4. The van der Waals surface area contributed by atoms with Gasteiger partial charge in [-0.15, -0.1) is 0 Å². The highest BCUT2D eigenvalue weighted by Gasteiger charge is 2.12. The number of para-hydroxylation sites is 1. The third-order valence-electron chi connectivity index (χ3n) is 3.79. The molecule has 3 rings (SSSR count). The molecule has 0 aliphatic heterocycles. The minimum atomic E-state index is -0.449. The molecule has 1 heterocycles.